The summed E-state index contributed by atoms with van der Waals surface area (Å²) < 4.78 is 99.5. The van der Waals surface area contributed by atoms with Gasteiger partial charge in [-0.2, -0.15) is 26.3 Å². The van der Waals surface area contributed by atoms with E-state index >= 15 is 0 Å². The number of alkyl halides is 8. The number of hydrogen-bond acceptors (Lipinski definition) is 2. The van der Waals surface area contributed by atoms with Gasteiger partial charge in [0.1, 0.15) is 0 Å². The van der Waals surface area contributed by atoms with E-state index in [4.69, 9.17) is 0 Å². The van der Waals surface area contributed by atoms with Gasteiger partial charge in [-0.15, -0.1) is 0 Å². The summed E-state index contributed by atoms with van der Waals surface area (Å²) in [5.74, 6) is 0. The minimum absolute atomic E-state index is 0.537. The molecule has 112 valence electrons. The largest absolute Gasteiger partial charge is 0.417 e. The molecule has 0 aliphatic heterocycles. The van der Waals surface area contributed by atoms with Gasteiger partial charge in [0.15, 0.2) is 0 Å². The summed E-state index contributed by atoms with van der Waals surface area (Å²) in [6.45, 7) is 0. The first-order valence-corrected chi connectivity index (χ1v) is 4.60. The van der Waals surface area contributed by atoms with Gasteiger partial charge in [0, 0.05) is 6.07 Å². The van der Waals surface area contributed by atoms with Crippen LogP contribution in [0, 0.1) is 10.1 Å². The molecule has 0 unspecified atom stereocenters. The quantitative estimate of drug-likeness (QED) is 0.456. The van der Waals surface area contributed by atoms with Crippen LogP contribution in [0.3, 0.4) is 0 Å². The molecule has 11 heteroatoms. The van der Waals surface area contributed by atoms with Gasteiger partial charge >= 0.3 is 12.4 Å². The van der Waals surface area contributed by atoms with E-state index in [2.05, 4.69) is 0 Å². The van der Waals surface area contributed by atoms with Crippen molar-refractivity contribution in [2.75, 3.05) is 0 Å². The molecule has 0 amide bonds. The molecule has 1 aromatic carbocycles. The van der Waals surface area contributed by atoms with Gasteiger partial charge < -0.3 is 0 Å². The van der Waals surface area contributed by atoms with Gasteiger partial charge in [-0.1, -0.05) is 0 Å². The third-order valence-electron chi connectivity index (χ3n) is 2.21. The lowest BCUT2D eigenvalue weighted by Crippen LogP contribution is -2.18. The highest BCUT2D eigenvalue weighted by Crippen LogP contribution is 2.44. The fraction of sp³-hybridized carbons (Fsp3) is 0.333. The Morgan fingerprint density at radius 2 is 1.35 bits per heavy atom. The SMILES string of the molecule is O=[N+]([O-])c1cc(C(F)(F)F)c(C(F)(F)F)cc1C(F)F. The highest BCUT2D eigenvalue weighted by molar-refractivity contribution is 5.50. The summed E-state index contributed by atoms with van der Waals surface area (Å²) in [7, 11) is 0. The van der Waals surface area contributed by atoms with E-state index < -0.39 is 58.2 Å². The van der Waals surface area contributed by atoms with Crippen LogP contribution in [0.1, 0.15) is 23.1 Å². The fourth-order valence-electron chi connectivity index (χ4n) is 1.41. The molecule has 1 aromatic rings. The molecule has 0 aliphatic carbocycles. The molecule has 0 fully saturated rings. The first kappa shape index (κ1) is 16.1. The average molecular weight is 309 g/mol. The summed E-state index contributed by atoms with van der Waals surface area (Å²) in [5.41, 5.74) is -8.23. The molecule has 20 heavy (non-hydrogen) atoms. The zero-order chi connectivity index (χ0) is 15.9. The number of nitrogens with zero attached hydrogens (tertiary/aromatic N) is 1. The van der Waals surface area contributed by atoms with Crippen molar-refractivity contribution in [3.05, 3.63) is 38.9 Å². The monoisotopic (exact) mass is 309 g/mol. The minimum atomic E-state index is -5.58. The molecule has 0 bridgehead atoms. The van der Waals surface area contributed by atoms with E-state index in [-0.39, 0.29) is 0 Å². The normalized spacial score (nSPS) is 12.8. The molecular weight excluding hydrogens is 306 g/mol. The maximum absolute atomic E-state index is 12.4. The lowest BCUT2D eigenvalue weighted by Gasteiger charge is -2.16. The standard InChI is InChI=1S/C9H3F8NO2/c10-7(11)3-1-4(8(12,13)14)5(9(15,16)17)2-6(3)18(19)20/h1-2,7H. The van der Waals surface area contributed by atoms with Crippen LogP contribution in [0.2, 0.25) is 0 Å². The lowest BCUT2D eigenvalue weighted by atomic mass is 10.0. The van der Waals surface area contributed by atoms with E-state index in [0.717, 1.165) is 0 Å². The molecular formula is C9H3F8NO2. The summed E-state index contributed by atoms with van der Waals surface area (Å²) >= 11 is 0. The van der Waals surface area contributed by atoms with Gasteiger partial charge in [-0.3, -0.25) is 10.1 Å². The van der Waals surface area contributed by atoms with Crippen molar-refractivity contribution in [3.8, 4) is 0 Å². The molecule has 0 aliphatic rings. The first-order valence-electron chi connectivity index (χ1n) is 4.60. The van der Waals surface area contributed by atoms with Crippen LogP contribution in [0.25, 0.3) is 0 Å². The summed E-state index contributed by atoms with van der Waals surface area (Å²) in [6, 6.07) is -1.09. The van der Waals surface area contributed by atoms with Gasteiger partial charge in [0.25, 0.3) is 12.1 Å². The van der Waals surface area contributed by atoms with E-state index in [0.29, 0.717) is 0 Å². The molecule has 0 N–H and O–H groups in total. The van der Waals surface area contributed by atoms with Crippen LogP contribution in [0.5, 0.6) is 0 Å². The number of nitro groups is 1. The average Bonchev–Trinajstić information content (AvgIpc) is 2.24. The number of nitro benzene ring substituents is 1. The van der Waals surface area contributed by atoms with Crippen LogP contribution in [-0.4, -0.2) is 4.92 Å². The Morgan fingerprint density at radius 1 is 0.950 bits per heavy atom. The molecule has 0 saturated carbocycles. The van der Waals surface area contributed by atoms with Crippen LogP contribution in [0.4, 0.5) is 40.8 Å². The summed E-state index contributed by atoms with van der Waals surface area (Å²) in [5, 5.41) is 10.4. The molecule has 0 saturated heterocycles. The minimum Gasteiger partial charge on any atom is -0.258 e. The summed E-state index contributed by atoms with van der Waals surface area (Å²) in [4.78, 5) is 8.79. The number of rotatable bonds is 2. The molecule has 0 heterocycles. The zero-order valence-corrected chi connectivity index (χ0v) is 9.02. The predicted octanol–water partition coefficient (Wildman–Crippen LogP) is 4.57. The van der Waals surface area contributed by atoms with Crippen molar-refractivity contribution in [3.63, 3.8) is 0 Å². The predicted molar refractivity (Wildman–Crippen MR) is 48.1 cm³/mol. The molecule has 0 radical (unpaired) electrons. The van der Waals surface area contributed by atoms with Crippen molar-refractivity contribution < 1.29 is 40.0 Å². The number of benzene rings is 1. The second-order valence-corrected chi connectivity index (χ2v) is 3.51. The second-order valence-electron chi connectivity index (χ2n) is 3.51. The molecule has 0 atom stereocenters. The third-order valence-corrected chi connectivity index (χ3v) is 2.21. The van der Waals surface area contributed by atoms with Gasteiger partial charge in [-0.05, 0) is 6.07 Å². The molecule has 0 spiro atoms. The third kappa shape index (κ3) is 3.14. The Balaban J connectivity index is 3.75. The zero-order valence-electron chi connectivity index (χ0n) is 9.02. The van der Waals surface area contributed by atoms with Gasteiger partial charge in [-0.25, -0.2) is 8.78 Å². The van der Waals surface area contributed by atoms with E-state index in [9.17, 15) is 45.2 Å². The van der Waals surface area contributed by atoms with Crippen LogP contribution < -0.4 is 0 Å². The van der Waals surface area contributed by atoms with Crippen LogP contribution >= 0.6 is 0 Å². The number of halogens is 8. The van der Waals surface area contributed by atoms with Crippen LogP contribution in [0.15, 0.2) is 12.1 Å². The number of hydrogen-bond donors (Lipinski definition) is 0. The molecule has 3 nitrogen and oxygen atoms in total. The van der Waals surface area contributed by atoms with Crippen LogP contribution in [-0.2, 0) is 12.4 Å². The molecule has 1 rings (SSSR count). The fourth-order valence-corrected chi connectivity index (χ4v) is 1.41. The van der Waals surface area contributed by atoms with Crippen molar-refractivity contribution >= 4 is 5.69 Å². The highest BCUT2D eigenvalue weighted by atomic mass is 19.4. The Hall–Kier alpha value is -1.94. The smallest absolute Gasteiger partial charge is 0.258 e. The Kier molecular flexibility index (Phi) is 3.92. The van der Waals surface area contributed by atoms with Crippen molar-refractivity contribution in [1.29, 1.82) is 0 Å². The second kappa shape index (κ2) is 4.87. The maximum atomic E-state index is 12.4. The van der Waals surface area contributed by atoms with E-state index in [1.165, 1.54) is 0 Å². The van der Waals surface area contributed by atoms with Crippen molar-refractivity contribution in [2.45, 2.75) is 18.8 Å². The maximum Gasteiger partial charge on any atom is 0.417 e. The first-order chi connectivity index (χ1) is 8.85. The van der Waals surface area contributed by atoms with Gasteiger partial charge in [0.2, 0.25) is 0 Å². The Bertz CT molecular complexity index is 534. The summed E-state index contributed by atoms with van der Waals surface area (Å²) in [6.07, 6.45) is -14.9. The Morgan fingerprint density at radius 3 is 1.65 bits per heavy atom. The van der Waals surface area contributed by atoms with E-state index in [1.54, 1.807) is 0 Å². The Labute approximate surface area is 105 Å². The van der Waals surface area contributed by atoms with Crippen molar-refractivity contribution in [2.24, 2.45) is 0 Å². The van der Waals surface area contributed by atoms with E-state index in [1.807, 2.05) is 0 Å². The van der Waals surface area contributed by atoms with Gasteiger partial charge in [0.05, 0.1) is 21.6 Å². The molecule has 0 aromatic heterocycles. The highest BCUT2D eigenvalue weighted by Gasteiger charge is 2.45. The van der Waals surface area contributed by atoms with Crippen molar-refractivity contribution in [1.82, 2.24) is 0 Å². The lowest BCUT2D eigenvalue weighted by molar-refractivity contribution is -0.386. The topological polar surface area (TPSA) is 43.1 Å².